The molecular weight excluding hydrogens is 450 g/mol. The predicted octanol–water partition coefficient (Wildman–Crippen LogP) is 6.33. The number of para-hydroxylation sites is 1. The van der Waals surface area contributed by atoms with Gasteiger partial charge in [0.2, 0.25) is 0 Å². The number of carbonyl (C=O) groups excluding carboxylic acids is 1. The van der Waals surface area contributed by atoms with Crippen molar-refractivity contribution in [3.05, 3.63) is 71.3 Å². The number of benzene rings is 2. The van der Waals surface area contributed by atoms with Gasteiger partial charge in [0.1, 0.15) is 15.8 Å². The number of hydrogen-bond donors (Lipinski definition) is 0. The van der Waals surface area contributed by atoms with Crippen LogP contribution >= 0.6 is 24.0 Å². The Morgan fingerprint density at radius 2 is 1.91 bits per heavy atom. The number of thioether (sulfide) groups is 1. The average molecular weight is 478 g/mol. The molecule has 170 valence electrons. The van der Waals surface area contributed by atoms with Crippen LogP contribution in [0.1, 0.15) is 38.2 Å². The van der Waals surface area contributed by atoms with Gasteiger partial charge in [0, 0.05) is 23.9 Å². The summed E-state index contributed by atoms with van der Waals surface area (Å²) in [6.07, 6.45) is 8.28. The fourth-order valence-corrected chi connectivity index (χ4v) is 5.03. The highest BCUT2D eigenvalue weighted by molar-refractivity contribution is 8.26. The number of thiocarbonyl (C=S) groups is 1. The second kappa shape index (κ2) is 10.8. The van der Waals surface area contributed by atoms with Crippen molar-refractivity contribution < 1.29 is 9.53 Å². The van der Waals surface area contributed by atoms with Crippen molar-refractivity contribution in [1.82, 2.24) is 14.7 Å². The van der Waals surface area contributed by atoms with Gasteiger partial charge in [0.25, 0.3) is 5.91 Å². The predicted molar refractivity (Wildman–Crippen MR) is 140 cm³/mol. The first-order chi connectivity index (χ1) is 16.1. The molecule has 1 fully saturated rings. The van der Waals surface area contributed by atoms with Gasteiger partial charge in [-0.1, -0.05) is 80.5 Å². The molecular formula is C26H27N3O2S2. The average Bonchev–Trinajstić information content (AvgIpc) is 3.38. The van der Waals surface area contributed by atoms with Crippen LogP contribution in [0.4, 0.5) is 0 Å². The SMILES string of the molecule is CCCCCCN1C(=O)/C(=C/c2cn(-c3ccccc3)nc2-c2cccc(OC)c2)SC1=S. The Balaban J connectivity index is 1.69. The Hall–Kier alpha value is -2.90. The number of hydrogen-bond acceptors (Lipinski definition) is 5. The van der Waals surface area contributed by atoms with E-state index >= 15 is 0 Å². The third-order valence-corrected chi connectivity index (χ3v) is 6.88. The van der Waals surface area contributed by atoms with Gasteiger partial charge in [0.15, 0.2) is 0 Å². The summed E-state index contributed by atoms with van der Waals surface area (Å²) < 4.78 is 7.87. The summed E-state index contributed by atoms with van der Waals surface area (Å²) >= 11 is 6.88. The molecule has 0 aliphatic carbocycles. The van der Waals surface area contributed by atoms with Gasteiger partial charge < -0.3 is 4.74 Å². The second-order valence-electron chi connectivity index (χ2n) is 7.84. The van der Waals surface area contributed by atoms with E-state index in [1.54, 1.807) is 12.0 Å². The molecule has 1 aliphatic rings. The van der Waals surface area contributed by atoms with E-state index in [1.165, 1.54) is 18.2 Å². The maximum Gasteiger partial charge on any atom is 0.266 e. The van der Waals surface area contributed by atoms with Crippen molar-refractivity contribution in [3.63, 3.8) is 0 Å². The molecule has 0 saturated carbocycles. The van der Waals surface area contributed by atoms with Gasteiger partial charge >= 0.3 is 0 Å². The third-order valence-electron chi connectivity index (χ3n) is 5.50. The van der Waals surface area contributed by atoms with Crippen LogP contribution in [-0.4, -0.2) is 38.6 Å². The minimum atomic E-state index is -0.0226. The third kappa shape index (κ3) is 5.37. The number of amides is 1. The number of nitrogens with zero attached hydrogens (tertiary/aromatic N) is 3. The number of methoxy groups -OCH3 is 1. The molecule has 4 rings (SSSR count). The molecule has 0 radical (unpaired) electrons. The molecule has 2 aromatic carbocycles. The summed E-state index contributed by atoms with van der Waals surface area (Å²) in [5.74, 6) is 0.733. The second-order valence-corrected chi connectivity index (χ2v) is 9.51. The Bertz CT molecular complexity index is 1170. The minimum Gasteiger partial charge on any atom is -0.497 e. The lowest BCUT2D eigenvalue weighted by molar-refractivity contribution is -0.122. The fraction of sp³-hybridized carbons (Fsp3) is 0.269. The molecule has 0 N–H and O–H groups in total. The van der Waals surface area contributed by atoms with E-state index in [9.17, 15) is 4.79 Å². The molecule has 5 nitrogen and oxygen atoms in total. The molecule has 0 spiro atoms. The molecule has 0 atom stereocenters. The monoisotopic (exact) mass is 477 g/mol. The zero-order chi connectivity index (χ0) is 23.2. The molecule has 3 aromatic rings. The smallest absolute Gasteiger partial charge is 0.266 e. The molecule has 2 heterocycles. The summed E-state index contributed by atoms with van der Waals surface area (Å²) in [4.78, 5) is 15.5. The lowest BCUT2D eigenvalue weighted by Gasteiger charge is -2.13. The van der Waals surface area contributed by atoms with Gasteiger partial charge in [-0.05, 0) is 36.8 Å². The number of carbonyl (C=O) groups is 1. The van der Waals surface area contributed by atoms with Crippen LogP contribution < -0.4 is 4.74 Å². The van der Waals surface area contributed by atoms with Gasteiger partial charge in [-0.3, -0.25) is 9.69 Å². The highest BCUT2D eigenvalue weighted by Crippen LogP contribution is 2.35. The number of aromatic nitrogens is 2. The standard InChI is InChI=1S/C26H27N3O2S2/c1-3-4-5-9-15-28-25(30)23(33-26(28)32)17-20-18-29(21-12-7-6-8-13-21)27-24(20)19-11-10-14-22(16-19)31-2/h6-8,10-14,16-18H,3-5,9,15H2,1-2H3/b23-17-. The summed E-state index contributed by atoms with van der Waals surface area (Å²) in [5.41, 5.74) is 3.51. The highest BCUT2D eigenvalue weighted by atomic mass is 32.2. The summed E-state index contributed by atoms with van der Waals surface area (Å²) in [6, 6.07) is 17.7. The van der Waals surface area contributed by atoms with E-state index in [-0.39, 0.29) is 5.91 Å². The lowest BCUT2D eigenvalue weighted by atomic mass is 10.1. The van der Waals surface area contributed by atoms with Gasteiger partial charge in [0.05, 0.1) is 17.7 Å². The van der Waals surface area contributed by atoms with E-state index in [0.717, 1.165) is 47.5 Å². The van der Waals surface area contributed by atoms with E-state index in [0.29, 0.717) is 15.8 Å². The van der Waals surface area contributed by atoms with Gasteiger partial charge in [-0.15, -0.1) is 0 Å². The number of rotatable bonds is 9. The minimum absolute atomic E-state index is 0.0226. The van der Waals surface area contributed by atoms with Crippen LogP contribution in [0.3, 0.4) is 0 Å². The van der Waals surface area contributed by atoms with E-state index in [1.807, 2.05) is 71.6 Å². The maximum atomic E-state index is 13.1. The van der Waals surface area contributed by atoms with Crippen molar-refractivity contribution in [2.45, 2.75) is 32.6 Å². The largest absolute Gasteiger partial charge is 0.497 e. The van der Waals surface area contributed by atoms with Gasteiger partial charge in [-0.25, -0.2) is 4.68 Å². The topological polar surface area (TPSA) is 47.4 Å². The molecule has 0 unspecified atom stereocenters. The van der Waals surface area contributed by atoms with Crippen LogP contribution in [0.25, 0.3) is 23.0 Å². The molecule has 0 bridgehead atoms. The van der Waals surface area contributed by atoms with E-state index in [4.69, 9.17) is 22.1 Å². The number of ether oxygens (including phenoxy) is 1. The summed E-state index contributed by atoms with van der Waals surface area (Å²) in [5, 5.41) is 4.85. The van der Waals surface area contributed by atoms with Crippen molar-refractivity contribution >= 4 is 40.3 Å². The number of unbranched alkanes of at least 4 members (excludes halogenated alkanes) is 3. The van der Waals surface area contributed by atoms with Crippen molar-refractivity contribution in [2.75, 3.05) is 13.7 Å². The zero-order valence-corrected chi connectivity index (χ0v) is 20.5. The Morgan fingerprint density at radius 3 is 2.67 bits per heavy atom. The quantitative estimate of drug-likeness (QED) is 0.205. The lowest BCUT2D eigenvalue weighted by Crippen LogP contribution is -2.29. The van der Waals surface area contributed by atoms with Crippen LogP contribution in [-0.2, 0) is 4.79 Å². The Labute approximate surface area is 204 Å². The van der Waals surface area contributed by atoms with Crippen molar-refractivity contribution in [3.8, 4) is 22.7 Å². The summed E-state index contributed by atoms with van der Waals surface area (Å²) in [6.45, 7) is 2.85. The molecule has 1 saturated heterocycles. The van der Waals surface area contributed by atoms with Crippen LogP contribution in [0, 0.1) is 0 Å². The Kier molecular flexibility index (Phi) is 7.62. The van der Waals surface area contributed by atoms with E-state index in [2.05, 4.69) is 6.92 Å². The first-order valence-electron chi connectivity index (χ1n) is 11.2. The zero-order valence-electron chi connectivity index (χ0n) is 18.9. The van der Waals surface area contributed by atoms with Crippen LogP contribution in [0.15, 0.2) is 65.7 Å². The fourth-order valence-electron chi connectivity index (χ4n) is 3.73. The summed E-state index contributed by atoms with van der Waals surface area (Å²) in [7, 11) is 1.65. The maximum absolute atomic E-state index is 13.1. The molecule has 7 heteroatoms. The van der Waals surface area contributed by atoms with Crippen LogP contribution in [0.5, 0.6) is 5.75 Å². The van der Waals surface area contributed by atoms with Gasteiger partial charge in [-0.2, -0.15) is 5.10 Å². The Morgan fingerprint density at radius 1 is 1.09 bits per heavy atom. The molecule has 1 amide bonds. The normalized spacial score (nSPS) is 15.0. The highest BCUT2D eigenvalue weighted by Gasteiger charge is 2.32. The van der Waals surface area contributed by atoms with Crippen molar-refractivity contribution in [1.29, 1.82) is 0 Å². The van der Waals surface area contributed by atoms with Crippen molar-refractivity contribution in [2.24, 2.45) is 0 Å². The first-order valence-corrected chi connectivity index (χ1v) is 12.4. The molecule has 1 aliphatic heterocycles. The molecule has 1 aromatic heterocycles. The first kappa shape index (κ1) is 23.3. The molecule has 33 heavy (non-hydrogen) atoms. The van der Waals surface area contributed by atoms with E-state index < -0.39 is 0 Å². The van der Waals surface area contributed by atoms with Crippen LogP contribution in [0.2, 0.25) is 0 Å².